The summed E-state index contributed by atoms with van der Waals surface area (Å²) in [5.41, 5.74) is 18.1. The molecular formula is C57H37N5. The molecule has 0 bridgehead atoms. The summed E-state index contributed by atoms with van der Waals surface area (Å²) < 4.78 is 0. The number of aromatic nitrogens is 5. The summed E-state index contributed by atoms with van der Waals surface area (Å²) in [4.78, 5) is 25.8. The van der Waals surface area contributed by atoms with Gasteiger partial charge in [-0.2, -0.15) is 0 Å². The molecule has 2 aromatic heterocycles. The van der Waals surface area contributed by atoms with Crippen LogP contribution < -0.4 is 0 Å². The van der Waals surface area contributed by atoms with Crippen molar-refractivity contribution in [3.63, 3.8) is 0 Å². The van der Waals surface area contributed by atoms with Crippen molar-refractivity contribution >= 4 is 0 Å². The first-order chi connectivity index (χ1) is 30.6. The van der Waals surface area contributed by atoms with E-state index in [4.69, 9.17) is 24.9 Å². The zero-order chi connectivity index (χ0) is 41.2. The van der Waals surface area contributed by atoms with Crippen LogP contribution in [0, 0.1) is 6.92 Å². The highest BCUT2D eigenvalue weighted by Gasteiger charge is 2.51. The highest BCUT2D eigenvalue weighted by atomic mass is 15.0. The topological polar surface area (TPSA) is 64.5 Å². The third-order valence-corrected chi connectivity index (χ3v) is 12.5. The molecule has 290 valence electrons. The maximum atomic E-state index is 5.35. The molecule has 62 heavy (non-hydrogen) atoms. The molecule has 2 heterocycles. The molecule has 0 N–H and O–H groups in total. The van der Waals surface area contributed by atoms with E-state index in [-0.39, 0.29) is 0 Å². The van der Waals surface area contributed by atoms with Crippen molar-refractivity contribution < 1.29 is 0 Å². The van der Waals surface area contributed by atoms with Gasteiger partial charge in [0, 0.05) is 38.9 Å². The van der Waals surface area contributed by atoms with E-state index in [0.29, 0.717) is 23.3 Å². The van der Waals surface area contributed by atoms with Gasteiger partial charge in [0.05, 0.1) is 16.8 Å². The zero-order valence-electron chi connectivity index (χ0n) is 33.9. The predicted octanol–water partition coefficient (Wildman–Crippen LogP) is 13.3. The molecule has 0 unspecified atom stereocenters. The fourth-order valence-corrected chi connectivity index (χ4v) is 9.76. The average molecular weight is 792 g/mol. The van der Waals surface area contributed by atoms with Gasteiger partial charge in [0.2, 0.25) is 0 Å². The van der Waals surface area contributed by atoms with Crippen LogP contribution in [-0.2, 0) is 5.41 Å². The van der Waals surface area contributed by atoms with Crippen molar-refractivity contribution in [2.75, 3.05) is 0 Å². The Balaban J connectivity index is 1.12. The summed E-state index contributed by atoms with van der Waals surface area (Å²) in [6.07, 6.45) is 0. The highest BCUT2D eigenvalue weighted by Crippen LogP contribution is 2.63. The van der Waals surface area contributed by atoms with E-state index in [2.05, 4.69) is 153 Å². The first-order valence-corrected chi connectivity index (χ1v) is 21.0. The summed E-state index contributed by atoms with van der Waals surface area (Å²) in [5, 5.41) is 0. The summed E-state index contributed by atoms with van der Waals surface area (Å²) in [6.45, 7) is 2.14. The second kappa shape index (κ2) is 14.3. The van der Waals surface area contributed by atoms with Crippen LogP contribution in [0.5, 0.6) is 0 Å². The van der Waals surface area contributed by atoms with E-state index in [1.54, 1.807) is 0 Å². The lowest BCUT2D eigenvalue weighted by Crippen LogP contribution is -2.25. The van der Waals surface area contributed by atoms with E-state index in [0.717, 1.165) is 61.5 Å². The number of nitrogens with zero attached hydrogens (tertiary/aromatic N) is 5. The van der Waals surface area contributed by atoms with E-state index in [1.807, 2.05) is 60.7 Å². The van der Waals surface area contributed by atoms with Gasteiger partial charge in [-0.1, -0.05) is 194 Å². The standard InChI is InChI=1S/C57H37N5/c1-36-51(37-18-6-2-7-19-37)58-53(38-20-8-3-9-21-38)59-52(36)41-30-32-49-45(34-41)46-35-42(31-33-50(46)57(49)47-28-16-14-26-43(47)44-27-15-17-29-48(44)57)56-61-54(39-22-10-4-11-23-39)60-55(62-56)40-24-12-5-13-25-40/h2-35H,1H3. The van der Waals surface area contributed by atoms with Gasteiger partial charge in [-0.3, -0.25) is 0 Å². The fraction of sp³-hybridized carbons (Fsp3) is 0.0351. The first-order valence-electron chi connectivity index (χ1n) is 21.0. The molecule has 5 heteroatoms. The van der Waals surface area contributed by atoms with Gasteiger partial charge < -0.3 is 0 Å². The molecule has 8 aromatic carbocycles. The summed E-state index contributed by atoms with van der Waals surface area (Å²) >= 11 is 0. The van der Waals surface area contributed by atoms with Crippen molar-refractivity contribution in [2.45, 2.75) is 12.3 Å². The summed E-state index contributed by atoms with van der Waals surface area (Å²) in [6, 6.07) is 72.6. The minimum atomic E-state index is -0.524. The van der Waals surface area contributed by atoms with Gasteiger partial charge in [0.1, 0.15) is 0 Å². The monoisotopic (exact) mass is 791 g/mol. The van der Waals surface area contributed by atoms with E-state index in [9.17, 15) is 0 Å². The molecule has 12 rings (SSSR count). The Morgan fingerprint density at radius 3 is 1.10 bits per heavy atom. The third kappa shape index (κ3) is 5.52. The Kier molecular flexibility index (Phi) is 8.22. The molecule has 1 spiro atoms. The molecule has 0 saturated carbocycles. The van der Waals surface area contributed by atoms with Gasteiger partial charge in [0.15, 0.2) is 23.3 Å². The zero-order valence-corrected chi connectivity index (χ0v) is 33.9. The fourth-order valence-electron chi connectivity index (χ4n) is 9.76. The van der Waals surface area contributed by atoms with Crippen molar-refractivity contribution in [1.29, 1.82) is 0 Å². The van der Waals surface area contributed by atoms with Crippen LogP contribution in [0.25, 0.3) is 90.3 Å². The quantitative estimate of drug-likeness (QED) is 0.168. The van der Waals surface area contributed by atoms with Gasteiger partial charge in [-0.25, -0.2) is 24.9 Å². The Hall–Kier alpha value is -8.15. The lowest BCUT2D eigenvalue weighted by molar-refractivity contribution is 0.794. The summed E-state index contributed by atoms with van der Waals surface area (Å²) in [5.74, 6) is 2.59. The average Bonchev–Trinajstić information content (AvgIpc) is 3.81. The molecule has 2 aliphatic rings. The van der Waals surface area contributed by atoms with Crippen LogP contribution in [0.15, 0.2) is 206 Å². The van der Waals surface area contributed by atoms with E-state index >= 15 is 0 Å². The molecule has 0 saturated heterocycles. The van der Waals surface area contributed by atoms with E-state index < -0.39 is 5.41 Å². The van der Waals surface area contributed by atoms with Crippen molar-refractivity contribution in [1.82, 2.24) is 24.9 Å². The number of hydrogen-bond donors (Lipinski definition) is 0. The van der Waals surface area contributed by atoms with E-state index in [1.165, 1.54) is 33.4 Å². The van der Waals surface area contributed by atoms with Crippen LogP contribution in [-0.4, -0.2) is 24.9 Å². The van der Waals surface area contributed by atoms with Crippen LogP contribution in [0.4, 0.5) is 0 Å². The molecule has 5 nitrogen and oxygen atoms in total. The second-order valence-corrected chi connectivity index (χ2v) is 16.0. The maximum Gasteiger partial charge on any atom is 0.164 e. The number of fused-ring (bicyclic) bond motifs is 10. The molecule has 0 atom stereocenters. The second-order valence-electron chi connectivity index (χ2n) is 16.0. The van der Waals surface area contributed by atoms with Crippen LogP contribution >= 0.6 is 0 Å². The van der Waals surface area contributed by atoms with Crippen LogP contribution in [0.2, 0.25) is 0 Å². The molecule has 2 aliphatic carbocycles. The van der Waals surface area contributed by atoms with Crippen LogP contribution in [0.1, 0.15) is 27.8 Å². The largest absolute Gasteiger partial charge is 0.228 e. The molecule has 0 radical (unpaired) electrons. The first kappa shape index (κ1) is 35.8. The molecule has 0 aliphatic heterocycles. The molecule has 10 aromatic rings. The molecule has 0 amide bonds. The SMILES string of the molecule is Cc1c(-c2ccccc2)nc(-c2ccccc2)nc1-c1ccc2c(c1)-c1cc(-c3nc(-c4ccccc4)nc(-c4ccccc4)n3)ccc1C21c2ccccc2-c2ccccc21. The Morgan fingerprint density at radius 1 is 0.274 bits per heavy atom. The molecular weight excluding hydrogens is 755 g/mol. The molecule has 0 fully saturated rings. The predicted molar refractivity (Wildman–Crippen MR) is 249 cm³/mol. The Morgan fingerprint density at radius 2 is 0.613 bits per heavy atom. The van der Waals surface area contributed by atoms with Gasteiger partial charge >= 0.3 is 0 Å². The maximum absolute atomic E-state index is 5.35. The van der Waals surface area contributed by atoms with Crippen LogP contribution in [0.3, 0.4) is 0 Å². The lowest BCUT2D eigenvalue weighted by Gasteiger charge is -2.30. The van der Waals surface area contributed by atoms with Crippen molar-refractivity contribution in [2.24, 2.45) is 0 Å². The summed E-state index contributed by atoms with van der Waals surface area (Å²) in [7, 11) is 0. The minimum absolute atomic E-state index is 0.524. The smallest absolute Gasteiger partial charge is 0.164 e. The Bertz CT molecular complexity index is 3240. The minimum Gasteiger partial charge on any atom is -0.228 e. The van der Waals surface area contributed by atoms with Gasteiger partial charge in [-0.15, -0.1) is 0 Å². The van der Waals surface area contributed by atoms with Gasteiger partial charge in [0.25, 0.3) is 0 Å². The normalized spacial score (nSPS) is 12.7. The number of benzene rings is 8. The lowest BCUT2D eigenvalue weighted by atomic mass is 9.70. The third-order valence-electron chi connectivity index (χ3n) is 12.5. The highest BCUT2D eigenvalue weighted by molar-refractivity contribution is 5.97. The van der Waals surface area contributed by atoms with Crippen molar-refractivity contribution in [3.05, 3.63) is 234 Å². The van der Waals surface area contributed by atoms with Crippen molar-refractivity contribution in [3.8, 4) is 90.3 Å². The number of rotatable bonds is 6. The van der Waals surface area contributed by atoms with Gasteiger partial charge in [-0.05, 0) is 63.6 Å². The Labute approximate surface area is 360 Å². The number of hydrogen-bond acceptors (Lipinski definition) is 5.